The monoisotopic (exact) mass is 365 g/mol. The van der Waals surface area contributed by atoms with E-state index in [1.54, 1.807) is 18.4 Å². The van der Waals surface area contributed by atoms with Gasteiger partial charge in [0.1, 0.15) is 0 Å². The summed E-state index contributed by atoms with van der Waals surface area (Å²) in [6, 6.07) is 0. The molecule has 140 valence electrons. The Morgan fingerprint density at radius 1 is 1.12 bits per heavy atom. The normalized spacial score (nSPS) is 15.9. The maximum atomic E-state index is 12.1. The van der Waals surface area contributed by atoms with Crippen LogP contribution in [0.5, 0.6) is 0 Å². The molecule has 1 heterocycles. The molecule has 0 bridgehead atoms. The molecule has 1 amide bonds. The molecule has 2 rings (SSSR count). The first kappa shape index (κ1) is 19.7. The number of rotatable bonds is 7. The van der Waals surface area contributed by atoms with Gasteiger partial charge in [-0.3, -0.25) is 9.79 Å². The number of amides is 1. The van der Waals surface area contributed by atoms with Gasteiger partial charge in [0.25, 0.3) is 0 Å². The summed E-state index contributed by atoms with van der Waals surface area (Å²) in [6.07, 6.45) is 6.61. The number of carbonyl (C=O) groups is 1. The van der Waals surface area contributed by atoms with Crippen molar-refractivity contribution < 1.29 is 4.79 Å². The predicted octanol–water partition coefficient (Wildman–Crippen LogP) is 2.16. The molecule has 1 fully saturated rings. The fourth-order valence-electron chi connectivity index (χ4n) is 3.03. The molecule has 25 heavy (non-hydrogen) atoms. The highest BCUT2D eigenvalue weighted by Gasteiger charge is 2.20. The predicted molar refractivity (Wildman–Crippen MR) is 104 cm³/mol. The van der Waals surface area contributed by atoms with E-state index in [-0.39, 0.29) is 11.8 Å². The molecule has 1 aromatic heterocycles. The number of aliphatic imine (C=N–C) groups is 1. The summed E-state index contributed by atoms with van der Waals surface area (Å²) in [7, 11) is 1.76. The molecule has 1 aliphatic carbocycles. The Morgan fingerprint density at radius 3 is 2.44 bits per heavy atom. The lowest BCUT2D eigenvalue weighted by atomic mass is 9.89. The minimum atomic E-state index is 0.207. The van der Waals surface area contributed by atoms with Crippen LogP contribution in [0.2, 0.25) is 0 Å². The first-order valence-electron chi connectivity index (χ1n) is 9.25. The lowest BCUT2D eigenvalue weighted by Crippen LogP contribution is -2.43. The lowest BCUT2D eigenvalue weighted by molar-refractivity contribution is -0.125. The molecule has 7 heteroatoms. The summed E-state index contributed by atoms with van der Waals surface area (Å²) in [4.78, 5) is 22.1. The van der Waals surface area contributed by atoms with Gasteiger partial charge in [-0.1, -0.05) is 19.3 Å². The van der Waals surface area contributed by atoms with Crippen LogP contribution in [-0.4, -0.2) is 43.5 Å². The molecule has 1 saturated carbocycles. The van der Waals surface area contributed by atoms with Crippen LogP contribution in [-0.2, 0) is 11.2 Å². The van der Waals surface area contributed by atoms with Gasteiger partial charge in [0.15, 0.2) is 5.96 Å². The van der Waals surface area contributed by atoms with Gasteiger partial charge in [-0.05, 0) is 26.7 Å². The molecule has 0 aromatic carbocycles. The Kier molecular flexibility index (Phi) is 8.18. The van der Waals surface area contributed by atoms with Crippen LogP contribution in [0.25, 0.3) is 0 Å². The SMILES string of the molecule is CN=C(NCCNC(=O)C1CCCCC1)NCCc1nc(C)c(C)s1. The Balaban J connectivity index is 1.59. The van der Waals surface area contributed by atoms with Crippen molar-refractivity contribution >= 4 is 23.2 Å². The maximum absolute atomic E-state index is 12.1. The van der Waals surface area contributed by atoms with Crippen molar-refractivity contribution in [2.24, 2.45) is 10.9 Å². The fraction of sp³-hybridized carbons (Fsp3) is 0.722. The zero-order valence-electron chi connectivity index (χ0n) is 15.7. The Morgan fingerprint density at radius 2 is 1.80 bits per heavy atom. The second-order valence-corrected chi connectivity index (χ2v) is 7.84. The van der Waals surface area contributed by atoms with Crippen molar-refractivity contribution in [2.45, 2.75) is 52.4 Å². The molecule has 0 saturated heterocycles. The summed E-state index contributed by atoms with van der Waals surface area (Å²) < 4.78 is 0. The highest BCUT2D eigenvalue weighted by molar-refractivity contribution is 7.11. The molecule has 0 radical (unpaired) electrons. The van der Waals surface area contributed by atoms with Gasteiger partial charge < -0.3 is 16.0 Å². The number of thiazole rings is 1. The van der Waals surface area contributed by atoms with Gasteiger partial charge in [0, 0.05) is 43.9 Å². The van der Waals surface area contributed by atoms with Crippen LogP contribution >= 0.6 is 11.3 Å². The van der Waals surface area contributed by atoms with Crippen LogP contribution < -0.4 is 16.0 Å². The molecular formula is C18H31N5OS. The summed E-state index contributed by atoms with van der Waals surface area (Å²) in [5.74, 6) is 1.19. The van der Waals surface area contributed by atoms with Crippen molar-refractivity contribution in [1.29, 1.82) is 0 Å². The van der Waals surface area contributed by atoms with Gasteiger partial charge >= 0.3 is 0 Å². The summed E-state index contributed by atoms with van der Waals surface area (Å²) in [5, 5.41) is 10.7. The van der Waals surface area contributed by atoms with Crippen LogP contribution in [0.15, 0.2) is 4.99 Å². The van der Waals surface area contributed by atoms with Crippen LogP contribution in [0, 0.1) is 19.8 Å². The van der Waals surface area contributed by atoms with Crippen molar-refractivity contribution in [3.8, 4) is 0 Å². The van der Waals surface area contributed by atoms with Crippen molar-refractivity contribution in [3.05, 3.63) is 15.6 Å². The fourth-order valence-corrected chi connectivity index (χ4v) is 3.96. The van der Waals surface area contributed by atoms with E-state index in [0.29, 0.717) is 13.1 Å². The van der Waals surface area contributed by atoms with Crippen molar-refractivity contribution in [2.75, 3.05) is 26.7 Å². The van der Waals surface area contributed by atoms with Crippen molar-refractivity contribution in [1.82, 2.24) is 20.9 Å². The number of hydrogen-bond donors (Lipinski definition) is 3. The number of hydrogen-bond acceptors (Lipinski definition) is 4. The first-order chi connectivity index (χ1) is 12.1. The lowest BCUT2D eigenvalue weighted by Gasteiger charge is -2.21. The van der Waals surface area contributed by atoms with E-state index in [9.17, 15) is 4.79 Å². The number of aromatic nitrogens is 1. The molecule has 3 N–H and O–H groups in total. The minimum absolute atomic E-state index is 0.207. The quantitative estimate of drug-likeness (QED) is 0.393. The summed E-state index contributed by atoms with van der Waals surface area (Å²) >= 11 is 1.75. The maximum Gasteiger partial charge on any atom is 0.223 e. The third-order valence-corrected chi connectivity index (χ3v) is 5.75. The summed E-state index contributed by atoms with van der Waals surface area (Å²) in [5.41, 5.74) is 1.12. The Bertz CT molecular complexity index is 559. The van der Waals surface area contributed by atoms with Crippen LogP contribution in [0.4, 0.5) is 0 Å². The molecule has 6 nitrogen and oxygen atoms in total. The van der Waals surface area contributed by atoms with Crippen LogP contribution in [0.1, 0.15) is 47.7 Å². The number of guanidine groups is 1. The largest absolute Gasteiger partial charge is 0.356 e. The number of aryl methyl sites for hydroxylation is 2. The topological polar surface area (TPSA) is 78.4 Å². The van der Waals surface area contributed by atoms with Gasteiger partial charge in [0.2, 0.25) is 5.91 Å². The number of nitrogens with one attached hydrogen (secondary N) is 3. The van der Waals surface area contributed by atoms with E-state index in [1.807, 2.05) is 6.92 Å². The molecule has 0 aliphatic heterocycles. The highest BCUT2D eigenvalue weighted by Crippen LogP contribution is 2.23. The minimum Gasteiger partial charge on any atom is -0.356 e. The zero-order chi connectivity index (χ0) is 18.1. The smallest absolute Gasteiger partial charge is 0.223 e. The first-order valence-corrected chi connectivity index (χ1v) is 10.1. The number of carbonyl (C=O) groups excluding carboxylic acids is 1. The van der Waals surface area contributed by atoms with Gasteiger partial charge in [-0.2, -0.15) is 0 Å². The van der Waals surface area contributed by atoms with E-state index in [1.165, 1.54) is 24.1 Å². The van der Waals surface area contributed by atoms with Crippen LogP contribution in [0.3, 0.4) is 0 Å². The molecular weight excluding hydrogens is 334 g/mol. The molecule has 0 atom stereocenters. The third kappa shape index (κ3) is 6.65. The second-order valence-electron chi connectivity index (χ2n) is 6.55. The molecule has 0 spiro atoms. The number of nitrogens with zero attached hydrogens (tertiary/aromatic N) is 2. The average Bonchev–Trinajstić information content (AvgIpc) is 2.95. The standard InChI is InChI=1S/C18H31N5OS/c1-13-14(2)25-16(23-13)9-10-21-18(19-3)22-12-11-20-17(24)15-7-5-4-6-8-15/h15H,4-12H2,1-3H3,(H,20,24)(H2,19,21,22). The van der Waals surface area contributed by atoms with E-state index in [0.717, 1.165) is 42.5 Å². The average molecular weight is 366 g/mol. The van der Waals surface area contributed by atoms with E-state index < -0.39 is 0 Å². The highest BCUT2D eigenvalue weighted by atomic mass is 32.1. The Labute approximate surface area is 154 Å². The molecule has 0 unspecified atom stereocenters. The Hall–Kier alpha value is -1.63. The summed E-state index contributed by atoms with van der Waals surface area (Å²) in [6.45, 7) is 6.24. The van der Waals surface area contributed by atoms with Gasteiger partial charge in [-0.15, -0.1) is 11.3 Å². The third-order valence-electron chi connectivity index (χ3n) is 4.62. The van der Waals surface area contributed by atoms with E-state index in [4.69, 9.17) is 0 Å². The van der Waals surface area contributed by atoms with Gasteiger partial charge in [-0.25, -0.2) is 4.98 Å². The van der Waals surface area contributed by atoms with E-state index in [2.05, 4.69) is 32.9 Å². The second kappa shape index (κ2) is 10.4. The van der Waals surface area contributed by atoms with Gasteiger partial charge in [0.05, 0.1) is 10.7 Å². The molecule has 1 aromatic rings. The molecule has 1 aliphatic rings. The van der Waals surface area contributed by atoms with E-state index >= 15 is 0 Å². The zero-order valence-corrected chi connectivity index (χ0v) is 16.5. The van der Waals surface area contributed by atoms with Crippen molar-refractivity contribution in [3.63, 3.8) is 0 Å².